The van der Waals surface area contributed by atoms with Gasteiger partial charge in [0.15, 0.2) is 5.82 Å². The van der Waals surface area contributed by atoms with Crippen LogP contribution in [0.3, 0.4) is 0 Å². The molecule has 2 heterocycles. The van der Waals surface area contributed by atoms with Gasteiger partial charge >= 0.3 is 0 Å². The maximum atomic E-state index is 12.5. The van der Waals surface area contributed by atoms with Gasteiger partial charge in [-0.25, -0.2) is 4.68 Å². The van der Waals surface area contributed by atoms with Crippen LogP contribution in [0.15, 0.2) is 73.1 Å². The van der Waals surface area contributed by atoms with Crippen LogP contribution in [0.1, 0.15) is 10.4 Å². The maximum absolute atomic E-state index is 12.5. The first-order chi connectivity index (χ1) is 15.9. The Labute approximate surface area is 184 Å². The average Bonchev–Trinajstić information content (AvgIpc) is 3.35. The van der Waals surface area contributed by atoms with E-state index in [1.165, 1.54) is 12.1 Å². The highest BCUT2D eigenvalue weighted by molar-refractivity contribution is 6.05. The van der Waals surface area contributed by atoms with E-state index >= 15 is 0 Å². The van der Waals surface area contributed by atoms with E-state index < -0.39 is 27.1 Å². The number of carbonyl (C=O) groups is 1. The van der Waals surface area contributed by atoms with E-state index in [4.69, 9.17) is 4.74 Å². The Hall–Kier alpha value is -5.20. The number of hydrogen-bond donors (Lipinski definition) is 1. The fourth-order valence-corrected chi connectivity index (χ4v) is 2.76. The van der Waals surface area contributed by atoms with Gasteiger partial charge in [-0.1, -0.05) is 0 Å². The molecule has 13 heteroatoms. The molecule has 0 radical (unpaired) electrons. The summed E-state index contributed by atoms with van der Waals surface area (Å²) in [5, 5.41) is 36.6. The van der Waals surface area contributed by atoms with Crippen molar-refractivity contribution in [2.45, 2.75) is 0 Å². The number of rotatable bonds is 7. The number of nitro groups is 2. The molecular formula is C20H13N7O6. The molecule has 0 saturated carbocycles. The van der Waals surface area contributed by atoms with Crippen molar-refractivity contribution in [1.29, 1.82) is 0 Å². The number of nitrogens with zero attached hydrogens (tertiary/aromatic N) is 6. The molecule has 1 N–H and O–H groups in total. The van der Waals surface area contributed by atoms with E-state index in [1.807, 2.05) is 0 Å². The van der Waals surface area contributed by atoms with Gasteiger partial charge in [-0.15, -0.1) is 10.2 Å². The molecule has 2 aromatic heterocycles. The van der Waals surface area contributed by atoms with Crippen molar-refractivity contribution in [3.8, 4) is 17.4 Å². The predicted octanol–water partition coefficient (Wildman–Crippen LogP) is 3.52. The molecule has 4 rings (SSSR count). The molecule has 1 amide bonds. The molecule has 0 aliphatic heterocycles. The number of non-ortho nitro benzene ring substituents is 2. The van der Waals surface area contributed by atoms with Crippen molar-refractivity contribution < 1.29 is 19.4 Å². The third kappa shape index (κ3) is 4.93. The molecule has 0 aliphatic rings. The van der Waals surface area contributed by atoms with Gasteiger partial charge < -0.3 is 10.1 Å². The number of nitro benzene ring substituents is 2. The normalized spacial score (nSPS) is 10.4. The molecule has 0 bridgehead atoms. The summed E-state index contributed by atoms with van der Waals surface area (Å²) in [4.78, 5) is 32.8. The highest BCUT2D eigenvalue weighted by Gasteiger charge is 2.20. The Morgan fingerprint density at radius 1 is 0.939 bits per heavy atom. The lowest BCUT2D eigenvalue weighted by Crippen LogP contribution is -2.12. The van der Waals surface area contributed by atoms with Crippen LogP contribution in [0, 0.1) is 20.2 Å². The lowest BCUT2D eigenvalue weighted by atomic mass is 10.1. The summed E-state index contributed by atoms with van der Waals surface area (Å²) in [6, 6.07) is 14.0. The molecule has 0 atom stereocenters. The van der Waals surface area contributed by atoms with Crippen LogP contribution in [0.5, 0.6) is 11.6 Å². The molecule has 2 aromatic carbocycles. The zero-order chi connectivity index (χ0) is 23.4. The molecule has 0 fully saturated rings. The topological polar surface area (TPSA) is 168 Å². The van der Waals surface area contributed by atoms with Gasteiger partial charge in [-0.3, -0.25) is 25.0 Å². The number of ether oxygens (including phenoxy) is 1. The summed E-state index contributed by atoms with van der Waals surface area (Å²) in [6.45, 7) is 0. The molecular weight excluding hydrogens is 434 g/mol. The lowest BCUT2D eigenvalue weighted by molar-refractivity contribution is -0.394. The monoisotopic (exact) mass is 447 g/mol. The third-order valence-corrected chi connectivity index (χ3v) is 4.29. The van der Waals surface area contributed by atoms with Gasteiger partial charge in [0.1, 0.15) is 5.75 Å². The highest BCUT2D eigenvalue weighted by Crippen LogP contribution is 2.25. The van der Waals surface area contributed by atoms with Crippen molar-refractivity contribution >= 4 is 23.0 Å². The minimum atomic E-state index is -0.805. The second kappa shape index (κ2) is 8.89. The number of hydrogen-bond acceptors (Lipinski definition) is 9. The zero-order valence-corrected chi connectivity index (χ0v) is 16.6. The predicted molar refractivity (Wildman–Crippen MR) is 113 cm³/mol. The maximum Gasteiger partial charge on any atom is 0.277 e. The summed E-state index contributed by atoms with van der Waals surface area (Å²) in [6.07, 6.45) is 3.34. The quantitative estimate of drug-likeness (QED) is 0.329. The van der Waals surface area contributed by atoms with Gasteiger partial charge in [-0.05, 0) is 36.4 Å². The van der Waals surface area contributed by atoms with Gasteiger partial charge in [0.2, 0.25) is 5.88 Å². The minimum absolute atomic E-state index is 0.219. The van der Waals surface area contributed by atoms with E-state index in [-0.39, 0.29) is 11.4 Å². The Morgan fingerprint density at radius 3 is 2.18 bits per heavy atom. The van der Waals surface area contributed by atoms with Gasteiger partial charge in [0.25, 0.3) is 17.3 Å². The van der Waals surface area contributed by atoms with Crippen LogP contribution in [-0.4, -0.2) is 35.7 Å². The molecule has 4 aromatic rings. The second-order valence-electron chi connectivity index (χ2n) is 6.51. The molecule has 164 valence electrons. The van der Waals surface area contributed by atoms with Crippen molar-refractivity contribution in [3.63, 3.8) is 0 Å². The summed E-state index contributed by atoms with van der Waals surface area (Å²) < 4.78 is 7.16. The van der Waals surface area contributed by atoms with E-state index in [2.05, 4.69) is 20.6 Å². The van der Waals surface area contributed by atoms with Crippen molar-refractivity contribution in [1.82, 2.24) is 20.0 Å². The first-order valence-electron chi connectivity index (χ1n) is 9.26. The molecule has 33 heavy (non-hydrogen) atoms. The number of aromatic nitrogens is 4. The lowest BCUT2D eigenvalue weighted by Gasteiger charge is -2.08. The Kier molecular flexibility index (Phi) is 5.67. The number of amides is 1. The van der Waals surface area contributed by atoms with Crippen molar-refractivity contribution in [2.75, 3.05) is 5.32 Å². The van der Waals surface area contributed by atoms with E-state index in [0.29, 0.717) is 17.3 Å². The van der Waals surface area contributed by atoms with Crippen molar-refractivity contribution in [3.05, 3.63) is 98.8 Å². The van der Waals surface area contributed by atoms with E-state index in [9.17, 15) is 25.0 Å². The smallest absolute Gasteiger partial charge is 0.277 e. The van der Waals surface area contributed by atoms with Crippen LogP contribution in [0.25, 0.3) is 5.82 Å². The van der Waals surface area contributed by atoms with Gasteiger partial charge in [0, 0.05) is 36.3 Å². The van der Waals surface area contributed by atoms with Crippen molar-refractivity contribution in [2.24, 2.45) is 0 Å². The fraction of sp³-hybridized carbons (Fsp3) is 0. The summed E-state index contributed by atoms with van der Waals surface area (Å²) >= 11 is 0. The SMILES string of the molecule is O=C(Nc1ccc(Oc2ccc(-n3cccn3)nn2)cc1)c1cc([N+](=O)[O-])cc([N+](=O)[O-])c1. The summed E-state index contributed by atoms with van der Waals surface area (Å²) in [7, 11) is 0. The molecule has 0 spiro atoms. The number of nitrogens with one attached hydrogen (secondary N) is 1. The molecule has 0 unspecified atom stereocenters. The molecule has 13 nitrogen and oxygen atoms in total. The van der Waals surface area contributed by atoms with Crippen LogP contribution in [0.2, 0.25) is 0 Å². The van der Waals surface area contributed by atoms with Crippen LogP contribution < -0.4 is 10.1 Å². The number of benzene rings is 2. The van der Waals surface area contributed by atoms with Gasteiger partial charge in [-0.2, -0.15) is 5.10 Å². The van der Waals surface area contributed by atoms with E-state index in [0.717, 1.165) is 18.2 Å². The Morgan fingerprint density at radius 2 is 1.64 bits per heavy atom. The van der Waals surface area contributed by atoms with Crippen LogP contribution in [0.4, 0.5) is 17.1 Å². The Bertz CT molecular complexity index is 1290. The molecule has 0 aliphatic carbocycles. The van der Waals surface area contributed by atoms with Crippen LogP contribution >= 0.6 is 0 Å². The second-order valence-corrected chi connectivity index (χ2v) is 6.51. The third-order valence-electron chi connectivity index (χ3n) is 4.29. The highest BCUT2D eigenvalue weighted by atomic mass is 16.6. The van der Waals surface area contributed by atoms with Crippen LogP contribution in [-0.2, 0) is 0 Å². The first kappa shape index (κ1) is 21.0. The Balaban J connectivity index is 1.44. The zero-order valence-electron chi connectivity index (χ0n) is 16.6. The summed E-state index contributed by atoms with van der Waals surface area (Å²) in [5.41, 5.74) is -0.985. The largest absolute Gasteiger partial charge is 0.438 e. The summed E-state index contributed by atoms with van der Waals surface area (Å²) in [5.74, 6) is 0.439. The van der Waals surface area contributed by atoms with E-state index in [1.54, 1.807) is 47.4 Å². The molecule has 0 saturated heterocycles. The standard InChI is InChI=1S/C20H13N7O6/c28-20(13-10-15(26(29)30)12-16(11-13)27(31)32)22-14-2-4-17(5-3-14)33-19-7-6-18(23-24-19)25-9-1-8-21-25/h1-12H,(H,22,28). The fourth-order valence-electron chi connectivity index (χ4n) is 2.76. The number of anilines is 1. The minimum Gasteiger partial charge on any atom is -0.438 e. The first-order valence-corrected chi connectivity index (χ1v) is 9.26. The number of carbonyl (C=O) groups excluding carboxylic acids is 1. The average molecular weight is 447 g/mol. The van der Waals surface area contributed by atoms with Gasteiger partial charge in [0.05, 0.1) is 21.5 Å².